The topological polar surface area (TPSA) is 89.3 Å². The van der Waals surface area contributed by atoms with Gasteiger partial charge < -0.3 is 11.1 Å². The molecule has 0 heterocycles. The molecule has 0 fully saturated rings. The summed E-state index contributed by atoms with van der Waals surface area (Å²) in [4.78, 5) is 37.6. The van der Waals surface area contributed by atoms with Gasteiger partial charge in [0.05, 0.1) is 5.56 Å². The Bertz CT molecular complexity index is 899. The lowest BCUT2D eigenvalue weighted by atomic mass is 9.87. The standard InChI is InChI=1S/C23H28N2O3S/c1-14(2)19(20(24)26)25-21(27)17-8-6-7-9-18(17)29-22(28)15-10-12-16(13-11-15)23(3,4)5/h6-14,19H,1-5H3,(H2,24,26)(H,25,27). The van der Waals surface area contributed by atoms with Crippen molar-refractivity contribution in [1.82, 2.24) is 5.32 Å². The van der Waals surface area contributed by atoms with Crippen LogP contribution in [0.4, 0.5) is 0 Å². The Morgan fingerprint density at radius 2 is 1.55 bits per heavy atom. The van der Waals surface area contributed by atoms with E-state index >= 15 is 0 Å². The van der Waals surface area contributed by atoms with Gasteiger partial charge in [0.25, 0.3) is 5.91 Å². The molecule has 2 aromatic rings. The zero-order valence-electron chi connectivity index (χ0n) is 17.5. The third kappa shape index (κ3) is 5.94. The maximum atomic E-state index is 12.7. The monoisotopic (exact) mass is 412 g/mol. The summed E-state index contributed by atoms with van der Waals surface area (Å²) in [5.74, 6) is -1.16. The molecular weight excluding hydrogens is 384 g/mol. The molecule has 0 saturated heterocycles. The predicted octanol–water partition coefficient (Wildman–Crippen LogP) is 4.16. The molecule has 5 nitrogen and oxygen atoms in total. The SMILES string of the molecule is CC(C)C(NC(=O)c1ccccc1SC(=O)c1ccc(C(C)(C)C)cc1)C(N)=O. The molecule has 1 unspecified atom stereocenters. The van der Waals surface area contributed by atoms with Gasteiger partial charge in [-0.15, -0.1) is 0 Å². The fraction of sp³-hybridized carbons (Fsp3) is 0.348. The van der Waals surface area contributed by atoms with E-state index in [0.29, 0.717) is 16.0 Å². The fourth-order valence-corrected chi connectivity index (χ4v) is 3.66. The third-order valence-electron chi connectivity index (χ3n) is 4.58. The van der Waals surface area contributed by atoms with E-state index in [-0.39, 0.29) is 16.4 Å². The fourth-order valence-electron chi connectivity index (χ4n) is 2.79. The molecule has 0 bridgehead atoms. The van der Waals surface area contributed by atoms with Crippen LogP contribution in [0, 0.1) is 5.92 Å². The van der Waals surface area contributed by atoms with Crippen molar-refractivity contribution in [3.63, 3.8) is 0 Å². The van der Waals surface area contributed by atoms with E-state index in [4.69, 9.17) is 5.73 Å². The van der Waals surface area contributed by atoms with Crippen LogP contribution < -0.4 is 11.1 Å². The molecule has 0 aromatic heterocycles. The molecule has 154 valence electrons. The van der Waals surface area contributed by atoms with Crippen LogP contribution in [0.2, 0.25) is 0 Å². The first-order valence-electron chi connectivity index (χ1n) is 9.52. The lowest BCUT2D eigenvalue weighted by molar-refractivity contribution is -0.120. The largest absolute Gasteiger partial charge is 0.368 e. The molecular formula is C23H28N2O3S. The Morgan fingerprint density at radius 1 is 0.966 bits per heavy atom. The van der Waals surface area contributed by atoms with E-state index in [1.165, 1.54) is 0 Å². The first-order chi connectivity index (χ1) is 13.5. The lowest BCUT2D eigenvalue weighted by Crippen LogP contribution is -2.47. The van der Waals surface area contributed by atoms with Gasteiger partial charge in [0.15, 0.2) is 0 Å². The average Bonchev–Trinajstić information content (AvgIpc) is 2.65. The predicted molar refractivity (Wildman–Crippen MR) is 117 cm³/mol. The zero-order valence-corrected chi connectivity index (χ0v) is 18.3. The quantitative estimate of drug-likeness (QED) is 0.697. The van der Waals surface area contributed by atoms with Crippen molar-refractivity contribution in [3.05, 3.63) is 65.2 Å². The van der Waals surface area contributed by atoms with Gasteiger partial charge in [-0.1, -0.05) is 71.0 Å². The summed E-state index contributed by atoms with van der Waals surface area (Å²) in [5.41, 5.74) is 7.44. The first-order valence-corrected chi connectivity index (χ1v) is 10.3. The number of hydrogen-bond donors (Lipinski definition) is 2. The second-order valence-electron chi connectivity index (χ2n) is 8.31. The number of carbonyl (C=O) groups excluding carboxylic acids is 3. The molecule has 0 aliphatic rings. The number of nitrogens with two attached hydrogens (primary N) is 1. The van der Waals surface area contributed by atoms with Gasteiger partial charge in [-0.2, -0.15) is 0 Å². The summed E-state index contributed by atoms with van der Waals surface area (Å²) in [7, 11) is 0. The van der Waals surface area contributed by atoms with Crippen molar-refractivity contribution in [2.45, 2.75) is 51.0 Å². The van der Waals surface area contributed by atoms with Crippen molar-refractivity contribution in [2.75, 3.05) is 0 Å². The summed E-state index contributed by atoms with van der Waals surface area (Å²) < 4.78 is 0. The van der Waals surface area contributed by atoms with Crippen LogP contribution in [0.3, 0.4) is 0 Å². The molecule has 29 heavy (non-hydrogen) atoms. The van der Waals surface area contributed by atoms with Gasteiger partial charge >= 0.3 is 0 Å². The van der Waals surface area contributed by atoms with Crippen LogP contribution in [0.5, 0.6) is 0 Å². The molecule has 2 rings (SSSR count). The second-order valence-corrected chi connectivity index (χ2v) is 9.33. The normalized spacial score (nSPS) is 12.5. The Labute approximate surface area is 176 Å². The number of primary amides is 1. The van der Waals surface area contributed by atoms with Crippen LogP contribution in [0.15, 0.2) is 53.4 Å². The number of nitrogens with one attached hydrogen (secondary N) is 1. The van der Waals surface area contributed by atoms with E-state index in [9.17, 15) is 14.4 Å². The van der Waals surface area contributed by atoms with Crippen molar-refractivity contribution in [1.29, 1.82) is 0 Å². The average molecular weight is 413 g/mol. The van der Waals surface area contributed by atoms with Gasteiger partial charge in [0.2, 0.25) is 11.0 Å². The minimum Gasteiger partial charge on any atom is -0.368 e. The Balaban J connectivity index is 2.21. The summed E-state index contributed by atoms with van der Waals surface area (Å²) in [6, 6.07) is 13.6. The Kier molecular flexibility index (Phi) is 7.25. The van der Waals surface area contributed by atoms with E-state index in [0.717, 1.165) is 17.3 Å². The Hall–Kier alpha value is -2.60. The van der Waals surface area contributed by atoms with Gasteiger partial charge in [-0.3, -0.25) is 14.4 Å². The maximum Gasteiger partial charge on any atom is 0.253 e. The summed E-state index contributed by atoms with van der Waals surface area (Å²) in [6.45, 7) is 9.96. The van der Waals surface area contributed by atoms with Crippen molar-refractivity contribution in [3.8, 4) is 0 Å². The van der Waals surface area contributed by atoms with Crippen LogP contribution in [-0.2, 0) is 10.2 Å². The highest BCUT2D eigenvalue weighted by Crippen LogP contribution is 2.28. The minimum absolute atomic E-state index is 0.00674. The molecule has 0 radical (unpaired) electrons. The number of carbonyl (C=O) groups is 3. The van der Waals surface area contributed by atoms with Gasteiger partial charge in [-0.05, 0) is 40.8 Å². The van der Waals surface area contributed by atoms with Crippen molar-refractivity contribution >= 4 is 28.7 Å². The molecule has 0 saturated carbocycles. The second kappa shape index (κ2) is 9.27. The van der Waals surface area contributed by atoms with E-state index in [1.54, 1.807) is 50.2 Å². The van der Waals surface area contributed by atoms with Crippen LogP contribution in [0.1, 0.15) is 60.9 Å². The van der Waals surface area contributed by atoms with E-state index in [1.807, 2.05) is 12.1 Å². The summed E-state index contributed by atoms with van der Waals surface area (Å²) in [5, 5.41) is 2.52. The molecule has 2 aromatic carbocycles. The van der Waals surface area contributed by atoms with E-state index in [2.05, 4.69) is 26.1 Å². The zero-order chi connectivity index (χ0) is 21.8. The number of thioether (sulfide) groups is 1. The van der Waals surface area contributed by atoms with Crippen LogP contribution >= 0.6 is 11.8 Å². The number of rotatable bonds is 6. The highest BCUT2D eigenvalue weighted by Gasteiger charge is 2.24. The van der Waals surface area contributed by atoms with Gasteiger partial charge in [0, 0.05) is 10.5 Å². The number of hydrogen-bond acceptors (Lipinski definition) is 4. The van der Waals surface area contributed by atoms with Crippen LogP contribution in [0.25, 0.3) is 0 Å². The number of benzene rings is 2. The van der Waals surface area contributed by atoms with Crippen LogP contribution in [-0.4, -0.2) is 23.0 Å². The number of amides is 2. The highest BCUT2D eigenvalue weighted by atomic mass is 32.2. The smallest absolute Gasteiger partial charge is 0.253 e. The van der Waals surface area contributed by atoms with E-state index < -0.39 is 17.9 Å². The van der Waals surface area contributed by atoms with Crippen molar-refractivity contribution < 1.29 is 14.4 Å². The third-order valence-corrected chi connectivity index (χ3v) is 5.58. The Morgan fingerprint density at radius 3 is 2.07 bits per heavy atom. The van der Waals surface area contributed by atoms with Crippen molar-refractivity contribution in [2.24, 2.45) is 11.7 Å². The lowest BCUT2D eigenvalue weighted by Gasteiger charge is -2.20. The van der Waals surface area contributed by atoms with Gasteiger partial charge in [-0.25, -0.2) is 0 Å². The molecule has 2 amide bonds. The first kappa shape index (κ1) is 22.7. The summed E-state index contributed by atoms with van der Waals surface area (Å²) >= 11 is 0.993. The molecule has 1 atom stereocenters. The maximum absolute atomic E-state index is 12.7. The molecule has 0 aliphatic carbocycles. The minimum atomic E-state index is -0.777. The molecule has 3 N–H and O–H groups in total. The van der Waals surface area contributed by atoms with Gasteiger partial charge in [0.1, 0.15) is 6.04 Å². The molecule has 0 spiro atoms. The highest BCUT2D eigenvalue weighted by molar-refractivity contribution is 8.14. The molecule has 6 heteroatoms. The molecule has 0 aliphatic heterocycles. The summed E-state index contributed by atoms with van der Waals surface area (Å²) in [6.07, 6.45) is 0.